The van der Waals surface area contributed by atoms with Crippen LogP contribution in [0.4, 0.5) is 5.69 Å². The van der Waals surface area contributed by atoms with E-state index in [9.17, 15) is 19.2 Å². The topological polar surface area (TPSA) is 86.8 Å². The number of benzene rings is 2. The average molecular weight is 405 g/mol. The molecule has 1 atom stereocenters. The van der Waals surface area contributed by atoms with E-state index in [2.05, 4.69) is 5.43 Å². The summed E-state index contributed by atoms with van der Waals surface area (Å²) in [6, 6.07) is 12.6. The molecule has 2 aromatic rings. The quantitative estimate of drug-likeness (QED) is 0.481. The van der Waals surface area contributed by atoms with Crippen molar-refractivity contribution in [2.24, 2.45) is 0 Å². The van der Waals surface area contributed by atoms with Gasteiger partial charge in [-0.15, -0.1) is 0 Å². The second-order valence-corrected chi connectivity index (χ2v) is 7.14. The predicted molar refractivity (Wildman–Crippen MR) is 112 cm³/mol. The maximum absolute atomic E-state index is 13.0. The van der Waals surface area contributed by atoms with E-state index in [4.69, 9.17) is 0 Å². The molecule has 7 heteroatoms. The standard InChI is InChI=1S/C23H23N3O4/c1-4-5-20(27)26(24-22(29)17-10-6-15(2)7-11-17)19-14-21(28)25(23(19)30)18-12-8-16(3)9-13-18/h4-13,19H,14H2,1-3H3,(H,24,29). The third kappa shape index (κ3) is 4.30. The Labute approximate surface area is 174 Å². The third-order valence-electron chi connectivity index (χ3n) is 4.81. The van der Waals surface area contributed by atoms with Crippen LogP contribution in [0.5, 0.6) is 0 Å². The van der Waals surface area contributed by atoms with Crippen LogP contribution in [0.15, 0.2) is 60.7 Å². The van der Waals surface area contributed by atoms with E-state index in [1.165, 1.54) is 12.2 Å². The summed E-state index contributed by atoms with van der Waals surface area (Å²) in [6.45, 7) is 5.45. The molecule has 1 N–H and O–H groups in total. The summed E-state index contributed by atoms with van der Waals surface area (Å²) in [5.74, 6) is -2.13. The summed E-state index contributed by atoms with van der Waals surface area (Å²) in [5.41, 5.74) is 5.25. The molecule has 0 saturated carbocycles. The smallest absolute Gasteiger partial charge is 0.269 e. The Hall–Kier alpha value is -3.74. The molecule has 154 valence electrons. The van der Waals surface area contributed by atoms with Crippen LogP contribution in [-0.4, -0.2) is 34.7 Å². The van der Waals surface area contributed by atoms with E-state index < -0.39 is 29.7 Å². The highest BCUT2D eigenvalue weighted by atomic mass is 16.2. The molecule has 4 amide bonds. The van der Waals surface area contributed by atoms with Gasteiger partial charge in [-0.3, -0.25) is 24.6 Å². The fraction of sp³-hybridized carbons (Fsp3) is 0.217. The number of aryl methyl sites for hydroxylation is 2. The van der Waals surface area contributed by atoms with E-state index in [1.54, 1.807) is 55.5 Å². The normalized spacial score (nSPS) is 16.2. The highest BCUT2D eigenvalue weighted by Gasteiger charge is 2.45. The number of hydrazine groups is 1. The van der Waals surface area contributed by atoms with E-state index in [0.29, 0.717) is 11.3 Å². The highest BCUT2D eigenvalue weighted by Crippen LogP contribution is 2.25. The summed E-state index contributed by atoms with van der Waals surface area (Å²) in [6.07, 6.45) is 2.53. The molecule has 2 aromatic carbocycles. The fourth-order valence-corrected chi connectivity index (χ4v) is 3.17. The SMILES string of the molecule is CC=CC(=O)N(NC(=O)c1ccc(C)cc1)C1CC(=O)N(c2ccc(C)cc2)C1=O. The summed E-state index contributed by atoms with van der Waals surface area (Å²) in [4.78, 5) is 52.0. The Kier molecular flexibility index (Phi) is 6.11. The predicted octanol–water partition coefficient (Wildman–Crippen LogP) is 2.69. The first-order chi connectivity index (χ1) is 14.3. The second-order valence-electron chi connectivity index (χ2n) is 7.14. The van der Waals surface area contributed by atoms with Gasteiger partial charge in [-0.25, -0.2) is 9.91 Å². The van der Waals surface area contributed by atoms with E-state index in [0.717, 1.165) is 21.0 Å². The molecule has 1 heterocycles. The van der Waals surface area contributed by atoms with Crippen LogP contribution >= 0.6 is 0 Å². The van der Waals surface area contributed by atoms with E-state index in [1.807, 2.05) is 13.8 Å². The minimum absolute atomic E-state index is 0.218. The minimum atomic E-state index is -1.13. The number of hydrogen-bond donors (Lipinski definition) is 1. The molecule has 3 rings (SSSR count). The summed E-state index contributed by atoms with van der Waals surface area (Å²) in [7, 11) is 0. The van der Waals surface area contributed by atoms with Crippen LogP contribution in [0, 0.1) is 13.8 Å². The van der Waals surface area contributed by atoms with Crippen LogP contribution < -0.4 is 10.3 Å². The molecular formula is C23H23N3O4. The van der Waals surface area contributed by atoms with Crippen molar-refractivity contribution in [2.75, 3.05) is 4.90 Å². The number of carbonyl (C=O) groups excluding carboxylic acids is 4. The van der Waals surface area contributed by atoms with Crippen molar-refractivity contribution in [3.63, 3.8) is 0 Å². The lowest BCUT2D eigenvalue weighted by Crippen LogP contribution is -2.54. The number of amides is 4. The minimum Gasteiger partial charge on any atom is -0.274 e. The average Bonchev–Trinajstić information content (AvgIpc) is 3.01. The molecule has 1 aliphatic rings. The first kappa shape index (κ1) is 21.0. The molecule has 1 aliphatic heterocycles. The van der Waals surface area contributed by atoms with Gasteiger partial charge in [0.05, 0.1) is 12.1 Å². The van der Waals surface area contributed by atoms with E-state index in [-0.39, 0.29) is 6.42 Å². The first-order valence-electron chi connectivity index (χ1n) is 9.59. The lowest BCUT2D eigenvalue weighted by Gasteiger charge is -2.27. The van der Waals surface area contributed by atoms with Gasteiger partial charge in [0.15, 0.2) is 0 Å². The van der Waals surface area contributed by atoms with Crippen molar-refractivity contribution in [2.45, 2.75) is 33.2 Å². The van der Waals surface area contributed by atoms with Gasteiger partial charge >= 0.3 is 0 Å². The molecular weight excluding hydrogens is 382 g/mol. The van der Waals surface area contributed by atoms with Gasteiger partial charge in [-0.2, -0.15) is 0 Å². The van der Waals surface area contributed by atoms with Gasteiger partial charge in [0.2, 0.25) is 5.91 Å². The summed E-state index contributed by atoms with van der Waals surface area (Å²) < 4.78 is 0. The van der Waals surface area contributed by atoms with Crippen molar-refractivity contribution in [3.05, 3.63) is 77.4 Å². The lowest BCUT2D eigenvalue weighted by molar-refractivity contribution is -0.137. The molecule has 0 radical (unpaired) electrons. The Morgan fingerprint density at radius 2 is 1.57 bits per heavy atom. The summed E-state index contributed by atoms with van der Waals surface area (Å²) in [5, 5.41) is 0.941. The zero-order valence-corrected chi connectivity index (χ0v) is 17.1. The maximum Gasteiger partial charge on any atom is 0.269 e. The number of anilines is 1. The van der Waals surface area contributed by atoms with Crippen LogP contribution in [0.25, 0.3) is 0 Å². The van der Waals surface area contributed by atoms with Crippen molar-refractivity contribution < 1.29 is 19.2 Å². The molecule has 0 spiro atoms. The zero-order chi connectivity index (χ0) is 21.8. The molecule has 7 nitrogen and oxygen atoms in total. The van der Waals surface area contributed by atoms with Gasteiger partial charge in [0.1, 0.15) is 6.04 Å². The number of hydrogen-bond acceptors (Lipinski definition) is 4. The Morgan fingerprint density at radius 3 is 2.13 bits per heavy atom. The Bertz CT molecular complexity index is 1010. The van der Waals surface area contributed by atoms with Gasteiger partial charge in [-0.05, 0) is 45.0 Å². The number of nitrogens with zero attached hydrogens (tertiary/aromatic N) is 2. The van der Waals surface area contributed by atoms with Crippen molar-refractivity contribution in [1.29, 1.82) is 0 Å². The van der Waals surface area contributed by atoms with Crippen LogP contribution in [0.3, 0.4) is 0 Å². The van der Waals surface area contributed by atoms with Gasteiger partial charge in [-0.1, -0.05) is 41.5 Å². The number of imide groups is 1. The molecule has 1 fully saturated rings. The van der Waals surface area contributed by atoms with Crippen LogP contribution in [0.1, 0.15) is 34.8 Å². The van der Waals surface area contributed by atoms with Crippen LogP contribution in [-0.2, 0) is 14.4 Å². The molecule has 0 aliphatic carbocycles. The first-order valence-corrected chi connectivity index (χ1v) is 9.59. The number of allylic oxidation sites excluding steroid dienone is 1. The Balaban J connectivity index is 1.88. The number of rotatable bonds is 4. The number of nitrogens with one attached hydrogen (secondary N) is 1. The van der Waals surface area contributed by atoms with Gasteiger partial charge < -0.3 is 0 Å². The molecule has 0 bridgehead atoms. The van der Waals surface area contributed by atoms with Crippen molar-refractivity contribution in [1.82, 2.24) is 10.4 Å². The largest absolute Gasteiger partial charge is 0.274 e. The highest BCUT2D eigenvalue weighted by molar-refractivity contribution is 6.23. The van der Waals surface area contributed by atoms with E-state index >= 15 is 0 Å². The zero-order valence-electron chi connectivity index (χ0n) is 17.1. The Morgan fingerprint density at radius 1 is 1.00 bits per heavy atom. The molecule has 30 heavy (non-hydrogen) atoms. The summed E-state index contributed by atoms with van der Waals surface area (Å²) >= 11 is 0. The van der Waals surface area contributed by atoms with Crippen molar-refractivity contribution >= 4 is 29.3 Å². The van der Waals surface area contributed by atoms with Gasteiger partial charge in [0.25, 0.3) is 17.7 Å². The molecule has 1 unspecified atom stereocenters. The monoisotopic (exact) mass is 405 g/mol. The van der Waals surface area contributed by atoms with Crippen molar-refractivity contribution in [3.8, 4) is 0 Å². The van der Waals surface area contributed by atoms with Crippen LogP contribution in [0.2, 0.25) is 0 Å². The number of carbonyl (C=O) groups is 4. The third-order valence-corrected chi connectivity index (χ3v) is 4.81. The molecule has 0 aromatic heterocycles. The second kappa shape index (κ2) is 8.73. The maximum atomic E-state index is 13.0. The lowest BCUT2D eigenvalue weighted by atomic mass is 10.1. The fourth-order valence-electron chi connectivity index (χ4n) is 3.17. The van der Waals surface area contributed by atoms with Gasteiger partial charge in [0, 0.05) is 11.6 Å². The molecule has 1 saturated heterocycles.